The number of furan rings is 1. The van der Waals surface area contributed by atoms with Crippen LogP contribution in [0.2, 0.25) is 0 Å². The first-order valence-corrected chi connectivity index (χ1v) is 12.1. The van der Waals surface area contributed by atoms with Gasteiger partial charge in [-0.25, -0.2) is 13.6 Å². The first kappa shape index (κ1) is 22.3. The van der Waals surface area contributed by atoms with Crippen molar-refractivity contribution in [2.24, 2.45) is 5.14 Å². The minimum atomic E-state index is -3.76. The Labute approximate surface area is 194 Å². The summed E-state index contributed by atoms with van der Waals surface area (Å²) in [5, 5.41) is 5.12. The quantitative estimate of drug-likeness (QED) is 0.415. The van der Waals surface area contributed by atoms with Crippen LogP contribution in [0.25, 0.3) is 17.4 Å². The third-order valence-corrected chi connectivity index (χ3v) is 7.05. The van der Waals surface area contributed by atoms with E-state index < -0.39 is 10.0 Å². The van der Waals surface area contributed by atoms with E-state index in [9.17, 15) is 13.2 Å². The lowest BCUT2D eigenvalue weighted by atomic mass is 10.2. The molecule has 0 saturated carbocycles. The van der Waals surface area contributed by atoms with Crippen LogP contribution in [0.1, 0.15) is 11.3 Å². The van der Waals surface area contributed by atoms with Gasteiger partial charge in [0, 0.05) is 11.6 Å². The van der Waals surface area contributed by atoms with Gasteiger partial charge in [-0.1, -0.05) is 36.1 Å². The highest BCUT2D eigenvalue weighted by Gasteiger charge is 2.32. The van der Waals surface area contributed by atoms with Crippen LogP contribution in [0.4, 0.5) is 0 Å². The Kier molecular flexibility index (Phi) is 6.20. The van der Waals surface area contributed by atoms with Crippen molar-refractivity contribution in [1.29, 1.82) is 0 Å². The first-order valence-electron chi connectivity index (χ1n) is 9.36. The van der Waals surface area contributed by atoms with Gasteiger partial charge in [-0.3, -0.25) is 9.69 Å². The lowest BCUT2D eigenvalue weighted by Crippen LogP contribution is -2.27. The minimum absolute atomic E-state index is 0.0218. The Hall–Kier alpha value is -2.92. The van der Waals surface area contributed by atoms with E-state index in [1.165, 1.54) is 23.9 Å². The number of hydrogen-bond acceptors (Lipinski definition) is 7. The van der Waals surface area contributed by atoms with Crippen molar-refractivity contribution >= 4 is 50.3 Å². The number of primary sulfonamides is 1. The summed E-state index contributed by atoms with van der Waals surface area (Å²) in [6.45, 7) is 0.367. The third-order valence-electron chi connectivity index (χ3n) is 4.74. The molecule has 0 aliphatic carbocycles. The van der Waals surface area contributed by atoms with Crippen LogP contribution in [0.15, 0.2) is 74.9 Å². The lowest BCUT2D eigenvalue weighted by molar-refractivity contribution is -0.122. The molecule has 0 bridgehead atoms. The Bertz CT molecular complexity index is 1310. The Morgan fingerprint density at radius 2 is 1.78 bits per heavy atom. The number of nitrogens with two attached hydrogens (primary N) is 1. The van der Waals surface area contributed by atoms with Crippen molar-refractivity contribution in [3.8, 4) is 17.1 Å². The summed E-state index contributed by atoms with van der Waals surface area (Å²) in [6, 6.07) is 17.0. The number of ether oxygens (including phenoxy) is 1. The van der Waals surface area contributed by atoms with Crippen LogP contribution in [0, 0.1) is 0 Å². The van der Waals surface area contributed by atoms with Gasteiger partial charge in [0.25, 0.3) is 5.91 Å². The second-order valence-electron chi connectivity index (χ2n) is 6.89. The zero-order valence-electron chi connectivity index (χ0n) is 16.8. The predicted molar refractivity (Wildman–Crippen MR) is 127 cm³/mol. The van der Waals surface area contributed by atoms with Crippen LogP contribution >= 0.6 is 24.0 Å². The lowest BCUT2D eigenvalue weighted by Gasteiger charge is -2.14. The number of hydrogen-bond donors (Lipinski definition) is 1. The van der Waals surface area contributed by atoms with Gasteiger partial charge in [-0.2, -0.15) is 0 Å². The van der Waals surface area contributed by atoms with E-state index in [1.54, 1.807) is 42.4 Å². The van der Waals surface area contributed by atoms with Gasteiger partial charge in [0.15, 0.2) is 0 Å². The van der Waals surface area contributed by atoms with E-state index in [0.29, 0.717) is 32.9 Å². The fourth-order valence-electron chi connectivity index (χ4n) is 3.07. The Balaban J connectivity index is 1.50. The summed E-state index contributed by atoms with van der Waals surface area (Å²) in [7, 11) is -2.16. The molecule has 10 heteroatoms. The summed E-state index contributed by atoms with van der Waals surface area (Å²) in [5.74, 6) is 1.57. The summed E-state index contributed by atoms with van der Waals surface area (Å²) in [5.41, 5.74) is 1.62. The van der Waals surface area contributed by atoms with Crippen molar-refractivity contribution in [3.63, 3.8) is 0 Å². The van der Waals surface area contributed by atoms with Crippen molar-refractivity contribution in [3.05, 3.63) is 76.9 Å². The SMILES string of the molecule is COc1ccc(CN2C(=O)/C(=C\c3ccc(-c4ccc(S(N)(=O)=O)cc4)o3)SC2=S)cc1. The molecule has 1 aromatic heterocycles. The number of sulfonamides is 1. The monoisotopic (exact) mass is 486 g/mol. The smallest absolute Gasteiger partial charge is 0.266 e. The number of thiocarbonyl (C=S) groups is 1. The zero-order valence-corrected chi connectivity index (χ0v) is 19.3. The number of thioether (sulfide) groups is 1. The number of amides is 1. The highest BCUT2D eigenvalue weighted by atomic mass is 32.2. The zero-order chi connectivity index (χ0) is 22.9. The molecule has 7 nitrogen and oxygen atoms in total. The van der Waals surface area contributed by atoms with E-state index in [2.05, 4.69) is 0 Å². The highest BCUT2D eigenvalue weighted by molar-refractivity contribution is 8.26. The second-order valence-corrected chi connectivity index (χ2v) is 10.1. The normalized spacial score (nSPS) is 15.6. The van der Waals surface area contributed by atoms with Gasteiger partial charge in [0.2, 0.25) is 10.0 Å². The van der Waals surface area contributed by atoms with E-state index in [0.717, 1.165) is 11.3 Å². The molecule has 2 N–H and O–H groups in total. The minimum Gasteiger partial charge on any atom is -0.497 e. The summed E-state index contributed by atoms with van der Waals surface area (Å²) in [6.07, 6.45) is 1.65. The van der Waals surface area contributed by atoms with Gasteiger partial charge in [0.1, 0.15) is 21.6 Å². The van der Waals surface area contributed by atoms with Gasteiger partial charge in [-0.15, -0.1) is 0 Å². The number of carbonyl (C=O) groups is 1. The van der Waals surface area contributed by atoms with Crippen molar-refractivity contribution in [2.45, 2.75) is 11.4 Å². The number of benzene rings is 2. The second kappa shape index (κ2) is 8.91. The largest absolute Gasteiger partial charge is 0.497 e. The maximum atomic E-state index is 12.9. The van der Waals surface area contributed by atoms with Crippen LogP contribution in [-0.2, 0) is 21.4 Å². The number of rotatable bonds is 6. The molecular formula is C22H18N2O5S3. The molecule has 3 aromatic rings. The van der Waals surface area contributed by atoms with Crippen LogP contribution in [0.5, 0.6) is 5.75 Å². The molecule has 4 rings (SSSR count). The topological polar surface area (TPSA) is 103 Å². The summed E-state index contributed by atoms with van der Waals surface area (Å²) >= 11 is 6.61. The molecule has 2 heterocycles. The predicted octanol–water partition coefficient (Wildman–Crippen LogP) is 4.00. The number of carbonyl (C=O) groups excluding carboxylic acids is 1. The summed E-state index contributed by atoms with van der Waals surface area (Å²) < 4.78 is 34.2. The van der Waals surface area contributed by atoms with Crippen molar-refractivity contribution in [2.75, 3.05) is 7.11 Å². The molecule has 32 heavy (non-hydrogen) atoms. The molecule has 164 valence electrons. The molecule has 0 unspecified atom stereocenters. The van der Waals surface area contributed by atoms with Crippen LogP contribution in [0.3, 0.4) is 0 Å². The molecular weight excluding hydrogens is 468 g/mol. The third kappa shape index (κ3) is 4.78. The van der Waals surface area contributed by atoms with Gasteiger partial charge in [-0.05, 0) is 54.1 Å². The molecule has 0 spiro atoms. The molecule has 1 aliphatic heterocycles. The van der Waals surface area contributed by atoms with E-state index in [4.69, 9.17) is 26.5 Å². The Morgan fingerprint density at radius 1 is 1.09 bits per heavy atom. The number of nitrogens with zero attached hydrogens (tertiary/aromatic N) is 1. The first-order chi connectivity index (χ1) is 15.2. The van der Waals surface area contributed by atoms with E-state index in [1.807, 2.05) is 24.3 Å². The molecule has 1 fully saturated rings. The summed E-state index contributed by atoms with van der Waals surface area (Å²) in [4.78, 5) is 14.9. The molecule has 2 aromatic carbocycles. The maximum Gasteiger partial charge on any atom is 0.266 e. The molecule has 0 radical (unpaired) electrons. The molecule has 1 saturated heterocycles. The van der Waals surface area contributed by atoms with E-state index in [-0.39, 0.29) is 10.8 Å². The Morgan fingerprint density at radius 3 is 2.41 bits per heavy atom. The van der Waals surface area contributed by atoms with Gasteiger partial charge >= 0.3 is 0 Å². The van der Waals surface area contributed by atoms with Crippen molar-refractivity contribution < 1.29 is 22.4 Å². The molecule has 1 aliphatic rings. The van der Waals surface area contributed by atoms with Crippen molar-refractivity contribution in [1.82, 2.24) is 4.90 Å². The molecule has 0 atom stereocenters. The van der Waals surface area contributed by atoms with Gasteiger partial charge < -0.3 is 9.15 Å². The number of methoxy groups -OCH3 is 1. The van der Waals surface area contributed by atoms with Crippen LogP contribution in [-0.4, -0.2) is 30.7 Å². The fraction of sp³-hybridized carbons (Fsp3) is 0.0909. The standard InChI is InChI=1S/C22H18N2O5S3/c1-28-16-6-2-14(3-7-16)13-24-21(25)20(31-22(24)30)12-17-8-11-19(29-17)15-4-9-18(10-5-15)32(23,26)27/h2-12H,13H2,1H3,(H2,23,26,27)/b20-12+. The molecule has 1 amide bonds. The average molecular weight is 487 g/mol. The van der Waals surface area contributed by atoms with Gasteiger partial charge in [0.05, 0.1) is 23.5 Å². The maximum absolute atomic E-state index is 12.9. The average Bonchev–Trinajstić information content (AvgIpc) is 3.34. The van der Waals surface area contributed by atoms with Crippen LogP contribution < -0.4 is 9.88 Å². The van der Waals surface area contributed by atoms with E-state index >= 15 is 0 Å². The highest BCUT2D eigenvalue weighted by Crippen LogP contribution is 2.34. The fourth-order valence-corrected chi connectivity index (χ4v) is 4.82.